The Bertz CT molecular complexity index is 358. The number of carbonyl (C=O) groups is 1. The molecule has 0 fully saturated rings. The summed E-state index contributed by atoms with van der Waals surface area (Å²) in [5.41, 5.74) is 0.916. The van der Waals surface area contributed by atoms with Crippen molar-refractivity contribution in [3.05, 3.63) is 30.7 Å². The Morgan fingerprint density at radius 2 is 2.13 bits per heavy atom. The van der Waals surface area contributed by atoms with Crippen molar-refractivity contribution >= 4 is 12.1 Å². The van der Waals surface area contributed by atoms with Gasteiger partial charge in [-0.2, -0.15) is 0 Å². The van der Waals surface area contributed by atoms with E-state index in [-0.39, 0.29) is 6.04 Å². The van der Waals surface area contributed by atoms with Gasteiger partial charge in [0.05, 0.1) is 24.9 Å². The van der Waals surface area contributed by atoms with Gasteiger partial charge in [0.15, 0.2) is 0 Å². The van der Waals surface area contributed by atoms with Crippen LogP contribution in [0.3, 0.4) is 0 Å². The summed E-state index contributed by atoms with van der Waals surface area (Å²) in [5.74, 6) is 0.728. The van der Waals surface area contributed by atoms with Gasteiger partial charge < -0.3 is 20.1 Å². The van der Waals surface area contributed by atoms with Gasteiger partial charge in [-0.1, -0.05) is 0 Å². The number of nitrogens with zero attached hydrogens (tertiary/aromatic N) is 2. The molecule has 0 amide bonds. The Morgan fingerprint density at radius 1 is 1.33 bits per heavy atom. The molecule has 3 N–H and O–H groups in total. The molecule has 0 spiro atoms. The van der Waals surface area contributed by atoms with Gasteiger partial charge in [0.25, 0.3) is 0 Å². The van der Waals surface area contributed by atoms with E-state index in [2.05, 4.69) is 25.3 Å². The molecule has 0 aromatic carbocycles. The van der Waals surface area contributed by atoms with E-state index in [4.69, 9.17) is 0 Å². The van der Waals surface area contributed by atoms with Crippen molar-refractivity contribution in [2.24, 2.45) is 0 Å². The molecule has 2 heterocycles. The minimum Gasteiger partial charge on any atom is -0.360 e. The quantitative estimate of drug-likeness (QED) is 0.615. The number of carbonyl (C=O) groups excluding carboxylic acids is 1. The Labute approximate surface area is 86.2 Å². The first-order valence-corrected chi connectivity index (χ1v) is 4.56. The predicted molar refractivity (Wildman–Crippen MR) is 54.4 cm³/mol. The van der Waals surface area contributed by atoms with Crippen LogP contribution >= 0.6 is 0 Å². The highest BCUT2D eigenvalue weighted by Gasteiger charge is 2.09. The van der Waals surface area contributed by atoms with Crippen LogP contribution in [0.4, 0.5) is 5.82 Å². The van der Waals surface area contributed by atoms with E-state index in [0.29, 0.717) is 6.42 Å². The van der Waals surface area contributed by atoms with Crippen LogP contribution in [0.2, 0.25) is 0 Å². The van der Waals surface area contributed by atoms with E-state index in [1.165, 1.54) is 0 Å². The molecule has 0 saturated heterocycles. The van der Waals surface area contributed by atoms with Crippen molar-refractivity contribution in [2.45, 2.75) is 12.5 Å². The molecule has 0 bridgehead atoms. The van der Waals surface area contributed by atoms with Crippen molar-refractivity contribution < 1.29 is 4.79 Å². The second-order valence-electron chi connectivity index (χ2n) is 3.13. The summed E-state index contributed by atoms with van der Waals surface area (Å²) < 4.78 is 0. The number of nitrogens with one attached hydrogen (secondary N) is 3. The Balaban J connectivity index is 1.96. The maximum Gasteiger partial charge on any atom is 0.142 e. The molecule has 0 unspecified atom stereocenters. The highest BCUT2D eigenvalue weighted by Crippen LogP contribution is 2.04. The lowest BCUT2D eigenvalue weighted by molar-refractivity contribution is -0.108. The zero-order valence-electron chi connectivity index (χ0n) is 7.97. The van der Waals surface area contributed by atoms with E-state index in [9.17, 15) is 4.79 Å². The summed E-state index contributed by atoms with van der Waals surface area (Å²) in [7, 11) is 0. The molecule has 15 heavy (non-hydrogen) atoms. The normalized spacial score (nSPS) is 12.3. The number of imidazole rings is 2. The van der Waals surface area contributed by atoms with Crippen molar-refractivity contribution in [3.63, 3.8) is 0 Å². The average Bonchev–Trinajstić information content (AvgIpc) is 2.89. The first kappa shape index (κ1) is 9.45. The predicted octanol–water partition coefficient (Wildman–Crippen LogP) is 0.355. The van der Waals surface area contributed by atoms with Crippen molar-refractivity contribution in [2.75, 3.05) is 5.32 Å². The molecule has 1 atom stereocenters. The number of aromatic nitrogens is 4. The third-order valence-electron chi connectivity index (χ3n) is 2.00. The van der Waals surface area contributed by atoms with Gasteiger partial charge in [0.2, 0.25) is 0 Å². The molecule has 0 aliphatic carbocycles. The third-order valence-corrected chi connectivity index (χ3v) is 2.00. The van der Waals surface area contributed by atoms with Gasteiger partial charge in [-0.05, 0) is 0 Å². The zero-order chi connectivity index (χ0) is 10.5. The van der Waals surface area contributed by atoms with Gasteiger partial charge in [-0.3, -0.25) is 0 Å². The molecule has 0 aliphatic heterocycles. The first-order valence-electron chi connectivity index (χ1n) is 4.56. The Morgan fingerprint density at radius 3 is 2.73 bits per heavy atom. The lowest BCUT2D eigenvalue weighted by Crippen LogP contribution is -2.24. The molecule has 0 aliphatic rings. The summed E-state index contributed by atoms with van der Waals surface area (Å²) in [5, 5.41) is 3.01. The third kappa shape index (κ3) is 2.43. The summed E-state index contributed by atoms with van der Waals surface area (Å²) >= 11 is 0. The molecule has 0 saturated carbocycles. The summed E-state index contributed by atoms with van der Waals surface area (Å²) in [6.45, 7) is 0. The standard InChI is InChI=1S/C9H11N5O/c15-4-8(1-7-2-10-5-12-7)14-9-3-11-6-13-9/h2-6,8,14H,1H2,(H,10,12)(H,11,13)/t8-/m0/s1. The van der Waals surface area contributed by atoms with Gasteiger partial charge in [-0.15, -0.1) is 0 Å². The number of anilines is 1. The highest BCUT2D eigenvalue weighted by atomic mass is 16.1. The van der Waals surface area contributed by atoms with Crippen LogP contribution < -0.4 is 5.32 Å². The smallest absolute Gasteiger partial charge is 0.142 e. The number of hydrogen-bond acceptors (Lipinski definition) is 4. The monoisotopic (exact) mass is 205 g/mol. The highest BCUT2D eigenvalue weighted by molar-refractivity contribution is 5.63. The van der Waals surface area contributed by atoms with E-state index in [1.807, 2.05) is 0 Å². The van der Waals surface area contributed by atoms with Crippen LogP contribution in [0, 0.1) is 0 Å². The minimum atomic E-state index is -0.286. The number of rotatable bonds is 5. The number of aldehydes is 1. The van der Waals surface area contributed by atoms with Gasteiger partial charge in [0, 0.05) is 18.3 Å². The fourth-order valence-electron chi connectivity index (χ4n) is 1.30. The zero-order valence-corrected chi connectivity index (χ0v) is 7.97. The fraction of sp³-hybridized carbons (Fsp3) is 0.222. The second-order valence-corrected chi connectivity index (χ2v) is 3.13. The summed E-state index contributed by atoms with van der Waals surface area (Å²) in [6, 6.07) is -0.286. The Kier molecular flexibility index (Phi) is 2.77. The maximum absolute atomic E-state index is 10.8. The molecule has 6 nitrogen and oxygen atoms in total. The first-order chi connectivity index (χ1) is 7.38. The van der Waals surface area contributed by atoms with Crippen LogP contribution in [-0.2, 0) is 11.2 Å². The van der Waals surface area contributed by atoms with E-state index in [1.54, 1.807) is 25.0 Å². The van der Waals surface area contributed by atoms with Gasteiger partial charge >= 0.3 is 0 Å². The van der Waals surface area contributed by atoms with Gasteiger partial charge in [0.1, 0.15) is 12.1 Å². The molecular formula is C9H11N5O. The SMILES string of the molecule is O=C[C@H](Cc1cnc[nH]1)Nc1cnc[nH]1. The van der Waals surface area contributed by atoms with E-state index in [0.717, 1.165) is 17.8 Å². The summed E-state index contributed by atoms with van der Waals surface area (Å²) in [4.78, 5) is 24.4. The molecule has 2 rings (SSSR count). The van der Waals surface area contributed by atoms with Crippen LogP contribution in [0.5, 0.6) is 0 Å². The van der Waals surface area contributed by atoms with E-state index >= 15 is 0 Å². The maximum atomic E-state index is 10.8. The van der Waals surface area contributed by atoms with Crippen molar-refractivity contribution in [1.29, 1.82) is 0 Å². The van der Waals surface area contributed by atoms with E-state index < -0.39 is 0 Å². The topological polar surface area (TPSA) is 86.5 Å². The average molecular weight is 205 g/mol. The number of hydrogen-bond donors (Lipinski definition) is 3. The van der Waals surface area contributed by atoms with Crippen LogP contribution in [0.25, 0.3) is 0 Å². The minimum absolute atomic E-state index is 0.286. The molecule has 0 radical (unpaired) electrons. The molecule has 2 aromatic heterocycles. The van der Waals surface area contributed by atoms with Gasteiger partial charge in [-0.25, -0.2) is 9.97 Å². The molecule has 2 aromatic rings. The molecule has 6 heteroatoms. The van der Waals surface area contributed by atoms with Crippen LogP contribution in [-0.4, -0.2) is 32.3 Å². The van der Waals surface area contributed by atoms with Crippen LogP contribution in [0.1, 0.15) is 5.69 Å². The fourth-order valence-corrected chi connectivity index (χ4v) is 1.30. The van der Waals surface area contributed by atoms with Crippen molar-refractivity contribution in [1.82, 2.24) is 19.9 Å². The number of aromatic amines is 2. The lowest BCUT2D eigenvalue weighted by atomic mass is 10.2. The van der Waals surface area contributed by atoms with Crippen LogP contribution in [0.15, 0.2) is 25.0 Å². The second kappa shape index (κ2) is 4.41. The molecule has 78 valence electrons. The summed E-state index contributed by atoms with van der Waals surface area (Å²) in [6.07, 6.45) is 7.91. The number of H-pyrrole nitrogens is 2. The van der Waals surface area contributed by atoms with Crippen molar-refractivity contribution in [3.8, 4) is 0 Å². The largest absolute Gasteiger partial charge is 0.360 e. The lowest BCUT2D eigenvalue weighted by Gasteiger charge is -2.10. The Hall–Kier alpha value is -2.11. The molecular weight excluding hydrogens is 194 g/mol.